The summed E-state index contributed by atoms with van der Waals surface area (Å²) in [6, 6.07) is 7.19. The maximum Gasteiger partial charge on any atom is 0.204 e. The first-order valence-corrected chi connectivity index (χ1v) is 6.29. The molecule has 1 rings (SSSR count). The largest absolute Gasteiger partial charge is 0.303 e. The Balaban J connectivity index is 0. The summed E-state index contributed by atoms with van der Waals surface area (Å²) >= 11 is 11.2. The van der Waals surface area contributed by atoms with E-state index in [1.54, 1.807) is 12.1 Å². The first-order chi connectivity index (χ1) is 8.57. The van der Waals surface area contributed by atoms with Gasteiger partial charge in [-0.2, -0.15) is 0 Å². The van der Waals surface area contributed by atoms with Crippen molar-refractivity contribution in [1.82, 2.24) is 0 Å². The molecule has 1 aromatic rings. The van der Waals surface area contributed by atoms with E-state index in [9.17, 15) is 14.9 Å². The fourth-order valence-electron chi connectivity index (χ4n) is 0.743. The van der Waals surface area contributed by atoms with Gasteiger partial charge in [-0.25, -0.2) is 0 Å². The molecule has 0 saturated heterocycles. The van der Waals surface area contributed by atoms with Crippen LogP contribution in [0.15, 0.2) is 24.3 Å². The Bertz CT molecular complexity index is 325. The Kier molecular flexibility index (Phi) is 14.9. The molecule has 0 fully saturated rings. The molecule has 6 heteroatoms. The van der Waals surface area contributed by atoms with Gasteiger partial charge < -0.3 is 4.79 Å². The van der Waals surface area contributed by atoms with E-state index < -0.39 is 4.92 Å². The second-order valence-electron chi connectivity index (χ2n) is 2.78. The van der Waals surface area contributed by atoms with Gasteiger partial charge in [0, 0.05) is 17.8 Å². The number of carbonyl (C=O) groups excluding carboxylic acids is 1. The number of nitro groups is 1. The summed E-state index contributed by atoms with van der Waals surface area (Å²) < 4.78 is 0. The summed E-state index contributed by atoms with van der Waals surface area (Å²) in [5.41, 5.74) is 0. The molecule has 102 valence electrons. The van der Waals surface area contributed by atoms with Gasteiger partial charge in [0.25, 0.3) is 0 Å². The number of hydrogen-bond acceptors (Lipinski definition) is 3. The van der Waals surface area contributed by atoms with Gasteiger partial charge in [0.2, 0.25) is 6.54 Å². The Morgan fingerprint density at radius 2 is 1.67 bits per heavy atom. The standard InChI is InChI=1S/C6H4Cl2.C4H7NO3.C2H6/c7-5-3-1-2-4-6(5)8;6-4-2-1-3-5(7)8;1-2/h1-4H;4H,1-3H2;1-2H3. The van der Waals surface area contributed by atoms with Gasteiger partial charge >= 0.3 is 0 Å². The number of nitrogens with zero attached hydrogens (tertiary/aromatic N) is 1. The monoisotopic (exact) mass is 293 g/mol. The molecule has 0 aliphatic heterocycles. The Labute approximate surface area is 117 Å². The lowest BCUT2D eigenvalue weighted by molar-refractivity contribution is -0.480. The van der Waals surface area contributed by atoms with E-state index in [1.807, 2.05) is 26.0 Å². The first-order valence-electron chi connectivity index (χ1n) is 5.53. The molecule has 0 unspecified atom stereocenters. The third kappa shape index (κ3) is 12.9. The number of unbranched alkanes of at least 4 members (excludes halogenated alkanes) is 1. The molecule has 0 saturated carbocycles. The highest BCUT2D eigenvalue weighted by Crippen LogP contribution is 2.19. The number of rotatable bonds is 4. The van der Waals surface area contributed by atoms with Crippen LogP contribution >= 0.6 is 23.2 Å². The number of hydrogen-bond donors (Lipinski definition) is 0. The van der Waals surface area contributed by atoms with Crippen LogP contribution in [0.4, 0.5) is 0 Å². The van der Waals surface area contributed by atoms with E-state index in [2.05, 4.69) is 0 Å². The van der Waals surface area contributed by atoms with Crippen LogP contribution in [-0.4, -0.2) is 17.8 Å². The molecule has 0 heterocycles. The van der Waals surface area contributed by atoms with Crippen molar-refractivity contribution < 1.29 is 9.72 Å². The molecular formula is C12H17Cl2NO3. The van der Waals surface area contributed by atoms with E-state index in [4.69, 9.17) is 23.2 Å². The average molecular weight is 294 g/mol. The summed E-state index contributed by atoms with van der Waals surface area (Å²) in [7, 11) is 0. The predicted octanol–water partition coefficient (Wildman–Crippen LogP) is 4.26. The van der Waals surface area contributed by atoms with E-state index in [1.165, 1.54) is 0 Å². The Morgan fingerprint density at radius 3 is 1.94 bits per heavy atom. The van der Waals surface area contributed by atoms with Crippen LogP contribution in [0.1, 0.15) is 26.7 Å². The van der Waals surface area contributed by atoms with Crippen molar-refractivity contribution in [3.8, 4) is 0 Å². The lowest BCUT2D eigenvalue weighted by atomic mass is 10.3. The number of aldehydes is 1. The first kappa shape index (κ1) is 19.2. The number of halogens is 2. The maximum atomic E-state index is 9.56. The van der Waals surface area contributed by atoms with Crippen molar-refractivity contribution in [2.45, 2.75) is 26.7 Å². The SMILES string of the molecule is CC.Clc1ccccc1Cl.O=CCCC[N+](=O)[O-]. The van der Waals surface area contributed by atoms with Crippen molar-refractivity contribution in [2.24, 2.45) is 0 Å². The van der Waals surface area contributed by atoms with Crippen molar-refractivity contribution in [3.63, 3.8) is 0 Å². The zero-order chi connectivity index (χ0) is 14.4. The summed E-state index contributed by atoms with van der Waals surface area (Å²) in [6.07, 6.45) is 1.33. The normalized spacial score (nSPS) is 8.22. The van der Waals surface area contributed by atoms with Crippen molar-refractivity contribution >= 4 is 29.5 Å². The lowest BCUT2D eigenvalue weighted by Gasteiger charge is -1.88. The second-order valence-corrected chi connectivity index (χ2v) is 3.59. The highest BCUT2D eigenvalue weighted by molar-refractivity contribution is 6.41. The Hall–Kier alpha value is -1.13. The van der Waals surface area contributed by atoms with Gasteiger partial charge in [0.15, 0.2) is 0 Å². The molecule has 0 spiro atoms. The minimum Gasteiger partial charge on any atom is -0.303 e. The van der Waals surface area contributed by atoms with Gasteiger partial charge in [-0.1, -0.05) is 49.2 Å². The van der Waals surface area contributed by atoms with Gasteiger partial charge in [-0.15, -0.1) is 0 Å². The van der Waals surface area contributed by atoms with Gasteiger partial charge in [0.05, 0.1) is 10.0 Å². The summed E-state index contributed by atoms with van der Waals surface area (Å²) in [4.78, 5) is 18.7. The van der Waals surface area contributed by atoms with Crippen molar-refractivity contribution in [3.05, 3.63) is 44.4 Å². The molecule has 0 aliphatic carbocycles. The Morgan fingerprint density at radius 1 is 1.22 bits per heavy atom. The molecule has 0 aliphatic rings. The smallest absolute Gasteiger partial charge is 0.204 e. The van der Waals surface area contributed by atoms with Crippen LogP contribution in [0.5, 0.6) is 0 Å². The molecule has 0 radical (unpaired) electrons. The van der Waals surface area contributed by atoms with Gasteiger partial charge in [0.1, 0.15) is 6.29 Å². The fourth-order valence-corrected chi connectivity index (χ4v) is 1.01. The van der Waals surface area contributed by atoms with Crippen LogP contribution < -0.4 is 0 Å². The zero-order valence-electron chi connectivity index (χ0n) is 10.4. The number of benzene rings is 1. The van der Waals surface area contributed by atoms with E-state index in [0.29, 0.717) is 29.2 Å². The molecule has 0 aromatic heterocycles. The van der Waals surface area contributed by atoms with E-state index in [-0.39, 0.29) is 6.54 Å². The molecule has 4 nitrogen and oxygen atoms in total. The number of carbonyl (C=O) groups is 1. The van der Waals surface area contributed by atoms with Gasteiger partial charge in [-0.05, 0) is 12.1 Å². The third-order valence-corrected chi connectivity index (χ3v) is 2.24. The second kappa shape index (κ2) is 13.9. The maximum absolute atomic E-state index is 9.56. The minimum atomic E-state index is -0.427. The van der Waals surface area contributed by atoms with E-state index in [0.717, 1.165) is 0 Å². The van der Waals surface area contributed by atoms with Crippen molar-refractivity contribution in [1.29, 1.82) is 0 Å². The molecule has 1 aromatic carbocycles. The summed E-state index contributed by atoms with van der Waals surface area (Å²) in [5, 5.41) is 10.8. The average Bonchev–Trinajstić information content (AvgIpc) is 2.36. The molecule has 0 bridgehead atoms. The quantitative estimate of drug-likeness (QED) is 0.361. The van der Waals surface area contributed by atoms with Crippen LogP contribution in [0.2, 0.25) is 10.0 Å². The molecule has 0 N–H and O–H groups in total. The molecular weight excluding hydrogens is 277 g/mol. The highest BCUT2D eigenvalue weighted by Gasteiger charge is 1.93. The van der Waals surface area contributed by atoms with Gasteiger partial charge in [-0.3, -0.25) is 10.1 Å². The lowest BCUT2D eigenvalue weighted by Crippen LogP contribution is -1.99. The highest BCUT2D eigenvalue weighted by atomic mass is 35.5. The summed E-state index contributed by atoms with van der Waals surface area (Å²) in [6.45, 7) is 3.90. The fraction of sp³-hybridized carbons (Fsp3) is 0.417. The van der Waals surface area contributed by atoms with E-state index >= 15 is 0 Å². The van der Waals surface area contributed by atoms with Crippen LogP contribution in [0, 0.1) is 10.1 Å². The van der Waals surface area contributed by atoms with Crippen molar-refractivity contribution in [2.75, 3.05) is 6.54 Å². The van der Waals surface area contributed by atoms with Crippen LogP contribution in [0.3, 0.4) is 0 Å². The van der Waals surface area contributed by atoms with Crippen LogP contribution in [0.25, 0.3) is 0 Å². The zero-order valence-corrected chi connectivity index (χ0v) is 11.9. The summed E-state index contributed by atoms with van der Waals surface area (Å²) in [5.74, 6) is 0. The molecule has 0 atom stereocenters. The topological polar surface area (TPSA) is 60.2 Å². The molecule has 18 heavy (non-hydrogen) atoms. The molecule has 0 amide bonds. The van der Waals surface area contributed by atoms with Crippen LogP contribution in [-0.2, 0) is 4.79 Å². The third-order valence-electron chi connectivity index (χ3n) is 1.49. The predicted molar refractivity (Wildman–Crippen MR) is 75.0 cm³/mol. The minimum absolute atomic E-state index is 0.0985.